The lowest BCUT2D eigenvalue weighted by molar-refractivity contribution is 0.262. The van der Waals surface area contributed by atoms with Crippen LogP contribution in [-0.4, -0.2) is 16.0 Å². The van der Waals surface area contributed by atoms with Crippen LogP contribution in [-0.2, 0) is 0 Å². The molecule has 0 spiro atoms. The van der Waals surface area contributed by atoms with Crippen LogP contribution in [0.5, 0.6) is 0 Å². The predicted molar refractivity (Wildman–Crippen MR) is 118 cm³/mol. The fourth-order valence-corrected chi connectivity index (χ4v) is 3.05. The maximum Gasteiger partial charge on any atom is 0.323 e. The first-order valence-corrected chi connectivity index (χ1v) is 9.39. The van der Waals surface area contributed by atoms with Crippen molar-refractivity contribution in [2.75, 3.05) is 16.0 Å². The average Bonchev–Trinajstić information content (AvgIpc) is 2.70. The van der Waals surface area contributed by atoms with Gasteiger partial charge in [-0.2, -0.15) is 0 Å². The third-order valence-electron chi connectivity index (χ3n) is 4.20. The van der Waals surface area contributed by atoms with Crippen molar-refractivity contribution in [1.82, 2.24) is 9.97 Å². The number of urea groups is 1. The van der Waals surface area contributed by atoms with E-state index in [1.807, 2.05) is 55.5 Å². The fourth-order valence-electron chi connectivity index (χ4n) is 2.93. The van der Waals surface area contributed by atoms with Gasteiger partial charge in [0.15, 0.2) is 0 Å². The van der Waals surface area contributed by atoms with Crippen LogP contribution in [0, 0.1) is 6.92 Å². The van der Waals surface area contributed by atoms with E-state index in [9.17, 15) is 4.79 Å². The molecular weight excluding hydrogens is 386 g/mol. The molecule has 0 fully saturated rings. The van der Waals surface area contributed by atoms with Gasteiger partial charge in [-0.25, -0.2) is 14.8 Å². The monoisotopic (exact) mass is 403 g/mol. The molecule has 0 radical (unpaired) electrons. The van der Waals surface area contributed by atoms with Crippen LogP contribution in [0.4, 0.5) is 27.7 Å². The molecule has 0 aliphatic carbocycles. The summed E-state index contributed by atoms with van der Waals surface area (Å²) in [5.74, 6) is 1.40. The third-order valence-corrected chi connectivity index (χ3v) is 4.45. The summed E-state index contributed by atoms with van der Waals surface area (Å²) in [5.41, 5.74) is 2.98. The van der Waals surface area contributed by atoms with Crippen molar-refractivity contribution < 1.29 is 4.79 Å². The van der Waals surface area contributed by atoms with Gasteiger partial charge in [0.1, 0.15) is 11.6 Å². The normalized spacial score (nSPS) is 10.6. The number of amides is 2. The van der Waals surface area contributed by atoms with Gasteiger partial charge in [-0.05, 0) is 61.5 Å². The molecule has 6 nitrogen and oxygen atoms in total. The number of hydrogen-bond acceptors (Lipinski definition) is 4. The van der Waals surface area contributed by atoms with Crippen LogP contribution in [0.15, 0.2) is 72.8 Å². The van der Waals surface area contributed by atoms with Crippen molar-refractivity contribution in [3.63, 3.8) is 0 Å². The highest BCUT2D eigenvalue weighted by Crippen LogP contribution is 2.25. The molecule has 0 aliphatic heterocycles. The summed E-state index contributed by atoms with van der Waals surface area (Å²) in [6.45, 7) is 1.86. The highest BCUT2D eigenvalue weighted by molar-refractivity contribution is 6.30. The molecule has 4 rings (SSSR count). The predicted octanol–water partition coefficient (Wildman–Crippen LogP) is 5.98. The highest BCUT2D eigenvalue weighted by atomic mass is 35.5. The van der Waals surface area contributed by atoms with E-state index < -0.39 is 0 Å². The molecule has 4 aromatic rings. The minimum atomic E-state index is -0.340. The zero-order chi connectivity index (χ0) is 20.2. The SMILES string of the molecule is Cc1nc(Nc2cccc(NC(=O)Nc3ccc(Cl)cc3)c2)c2ccccc2n1. The minimum Gasteiger partial charge on any atom is -0.340 e. The maximum atomic E-state index is 12.3. The summed E-state index contributed by atoms with van der Waals surface area (Å²) < 4.78 is 0. The summed E-state index contributed by atoms with van der Waals surface area (Å²) in [5, 5.41) is 10.5. The Morgan fingerprint density at radius 1 is 0.828 bits per heavy atom. The molecule has 3 aromatic carbocycles. The van der Waals surface area contributed by atoms with E-state index in [2.05, 4.69) is 25.9 Å². The number of carbonyl (C=O) groups excluding carboxylic acids is 1. The van der Waals surface area contributed by atoms with Crippen LogP contribution in [0.2, 0.25) is 5.02 Å². The number of anilines is 4. The summed E-state index contributed by atoms with van der Waals surface area (Å²) in [6, 6.07) is 21.8. The Morgan fingerprint density at radius 2 is 1.55 bits per heavy atom. The summed E-state index contributed by atoms with van der Waals surface area (Å²) in [7, 11) is 0. The molecule has 7 heteroatoms. The molecule has 1 aromatic heterocycles. The fraction of sp³-hybridized carbons (Fsp3) is 0.0455. The Bertz CT molecular complexity index is 1180. The number of para-hydroxylation sites is 1. The highest BCUT2D eigenvalue weighted by Gasteiger charge is 2.07. The Labute approximate surface area is 173 Å². The number of benzene rings is 3. The second-order valence-corrected chi connectivity index (χ2v) is 6.86. The second kappa shape index (κ2) is 8.16. The number of aryl methyl sites for hydroxylation is 1. The third kappa shape index (κ3) is 4.62. The maximum absolute atomic E-state index is 12.3. The van der Waals surface area contributed by atoms with Crippen molar-refractivity contribution in [1.29, 1.82) is 0 Å². The Morgan fingerprint density at radius 3 is 2.38 bits per heavy atom. The van der Waals surface area contributed by atoms with Crippen LogP contribution in [0.25, 0.3) is 10.9 Å². The first kappa shape index (κ1) is 18.7. The molecule has 1 heterocycles. The number of fused-ring (bicyclic) bond motifs is 1. The number of hydrogen-bond donors (Lipinski definition) is 3. The quantitative estimate of drug-likeness (QED) is 0.391. The number of nitrogens with zero attached hydrogens (tertiary/aromatic N) is 2. The van der Waals surface area contributed by atoms with Crippen molar-refractivity contribution >= 4 is 51.4 Å². The first-order chi connectivity index (χ1) is 14.1. The zero-order valence-electron chi connectivity index (χ0n) is 15.6. The van der Waals surface area contributed by atoms with Gasteiger partial charge in [0.25, 0.3) is 0 Å². The Kier molecular flexibility index (Phi) is 5.27. The number of nitrogens with one attached hydrogen (secondary N) is 3. The van der Waals surface area contributed by atoms with Crippen molar-refractivity contribution in [3.8, 4) is 0 Å². The topological polar surface area (TPSA) is 78.9 Å². The molecule has 0 unspecified atom stereocenters. The molecule has 0 aliphatic rings. The summed E-state index contributed by atoms with van der Waals surface area (Å²) in [6.07, 6.45) is 0. The van der Waals surface area contributed by atoms with E-state index in [-0.39, 0.29) is 6.03 Å². The molecule has 0 saturated heterocycles. The molecule has 3 N–H and O–H groups in total. The second-order valence-electron chi connectivity index (χ2n) is 6.43. The molecule has 2 amide bonds. The van der Waals surface area contributed by atoms with E-state index >= 15 is 0 Å². The number of rotatable bonds is 4. The molecule has 144 valence electrons. The lowest BCUT2D eigenvalue weighted by atomic mass is 10.2. The number of halogens is 1. The Balaban J connectivity index is 1.51. The summed E-state index contributed by atoms with van der Waals surface area (Å²) >= 11 is 5.86. The van der Waals surface area contributed by atoms with Gasteiger partial charge in [0, 0.05) is 27.5 Å². The average molecular weight is 404 g/mol. The van der Waals surface area contributed by atoms with Crippen LogP contribution in [0.1, 0.15) is 5.82 Å². The largest absolute Gasteiger partial charge is 0.340 e. The zero-order valence-corrected chi connectivity index (χ0v) is 16.4. The van der Waals surface area contributed by atoms with Gasteiger partial charge in [-0.15, -0.1) is 0 Å². The smallest absolute Gasteiger partial charge is 0.323 e. The van der Waals surface area contributed by atoms with E-state index in [0.717, 1.165) is 22.4 Å². The number of carbonyl (C=O) groups is 1. The molecular formula is C22H18ClN5O. The van der Waals surface area contributed by atoms with E-state index in [4.69, 9.17) is 11.6 Å². The van der Waals surface area contributed by atoms with Gasteiger partial charge < -0.3 is 16.0 Å². The van der Waals surface area contributed by atoms with E-state index in [1.165, 1.54) is 0 Å². The van der Waals surface area contributed by atoms with Crippen LogP contribution >= 0.6 is 11.6 Å². The molecule has 0 bridgehead atoms. The standard InChI is InChI=1S/C22H18ClN5O/c1-14-24-20-8-3-2-7-19(20)21(25-14)26-17-5-4-6-18(13-17)28-22(29)27-16-11-9-15(23)10-12-16/h2-13H,1H3,(H,24,25,26)(H2,27,28,29). The Hall–Kier alpha value is -3.64. The lowest BCUT2D eigenvalue weighted by Crippen LogP contribution is -2.19. The van der Waals surface area contributed by atoms with Crippen LogP contribution < -0.4 is 16.0 Å². The molecule has 0 saturated carbocycles. The van der Waals surface area contributed by atoms with Crippen molar-refractivity contribution in [2.45, 2.75) is 6.92 Å². The summed E-state index contributed by atoms with van der Waals surface area (Å²) in [4.78, 5) is 21.2. The van der Waals surface area contributed by atoms with Crippen molar-refractivity contribution in [2.24, 2.45) is 0 Å². The molecule has 29 heavy (non-hydrogen) atoms. The van der Waals surface area contributed by atoms with E-state index in [0.29, 0.717) is 22.2 Å². The molecule has 0 atom stereocenters. The van der Waals surface area contributed by atoms with Gasteiger partial charge in [0.05, 0.1) is 5.52 Å². The van der Waals surface area contributed by atoms with Gasteiger partial charge >= 0.3 is 6.03 Å². The minimum absolute atomic E-state index is 0.340. The number of aromatic nitrogens is 2. The lowest BCUT2D eigenvalue weighted by Gasteiger charge is -2.12. The van der Waals surface area contributed by atoms with E-state index in [1.54, 1.807) is 24.3 Å². The van der Waals surface area contributed by atoms with Gasteiger partial charge in [-0.1, -0.05) is 29.8 Å². The van der Waals surface area contributed by atoms with Crippen molar-refractivity contribution in [3.05, 3.63) is 83.6 Å². The van der Waals surface area contributed by atoms with Gasteiger partial charge in [0.2, 0.25) is 0 Å². The van der Waals surface area contributed by atoms with Gasteiger partial charge in [-0.3, -0.25) is 0 Å². The first-order valence-electron chi connectivity index (χ1n) is 9.01. The van der Waals surface area contributed by atoms with Crippen LogP contribution in [0.3, 0.4) is 0 Å².